The molecule has 0 nitrogen and oxygen atoms in total. The Morgan fingerprint density at radius 3 is 1.00 bits per heavy atom. The molecule has 4 rings (SSSR count). The molecule has 0 heterocycles. The predicted octanol–water partition coefficient (Wildman–Crippen LogP) is 7.45. The van der Waals surface area contributed by atoms with Crippen LogP contribution in [0.1, 0.15) is 33.1 Å². The van der Waals surface area contributed by atoms with E-state index in [2.05, 4.69) is 135 Å². The smallest absolute Gasteiger partial charge is 0.0185 e. The van der Waals surface area contributed by atoms with Crippen LogP contribution in [0.4, 0.5) is 0 Å². The fourth-order valence-corrected chi connectivity index (χ4v) is 10.9. The molecule has 0 aromatic heterocycles. The molecule has 34 heavy (non-hydrogen) atoms. The maximum atomic E-state index is 2.43. The van der Waals surface area contributed by atoms with Gasteiger partial charge in [-0.05, 0) is 67.6 Å². The lowest BCUT2D eigenvalue weighted by Crippen LogP contribution is -2.34. The molecule has 174 valence electrons. The van der Waals surface area contributed by atoms with Gasteiger partial charge in [-0.3, -0.25) is 0 Å². The summed E-state index contributed by atoms with van der Waals surface area (Å²) in [5, 5.41) is 6.01. The summed E-state index contributed by atoms with van der Waals surface area (Å²) < 4.78 is 0. The van der Waals surface area contributed by atoms with E-state index in [9.17, 15) is 0 Å². The van der Waals surface area contributed by atoms with Gasteiger partial charge in [-0.1, -0.05) is 142 Å². The first-order valence-electron chi connectivity index (χ1n) is 12.5. The normalized spacial score (nSPS) is 11.8. The lowest BCUT2D eigenvalue weighted by molar-refractivity contribution is 0.333. The number of benzene rings is 4. The molecule has 0 amide bonds. The third-order valence-corrected chi connectivity index (χ3v) is 12.4. The zero-order valence-corrected chi connectivity index (χ0v) is 22.3. The molecule has 0 aliphatic rings. The van der Waals surface area contributed by atoms with Crippen molar-refractivity contribution in [2.24, 2.45) is 5.41 Å². The van der Waals surface area contributed by atoms with Gasteiger partial charge in [0.1, 0.15) is 0 Å². The summed E-state index contributed by atoms with van der Waals surface area (Å²) in [7, 11) is -0.828. The van der Waals surface area contributed by atoms with Gasteiger partial charge in [-0.15, -0.1) is 0 Å². The predicted molar refractivity (Wildman–Crippen MR) is 156 cm³/mol. The standard InChI is InChI=1S/C32H36P2/c1-3-25-32(4-2,26-33(28-17-9-5-10-18-28)29-19-11-6-12-20-29)27-34(30-21-13-7-14-22-30)31-23-15-8-16-24-31/h5-24H,3-4,25-27H2,1-2H3. The average molecular weight is 483 g/mol. The number of rotatable bonds is 11. The third-order valence-electron chi connectivity index (χ3n) is 6.79. The van der Waals surface area contributed by atoms with Gasteiger partial charge < -0.3 is 0 Å². The minimum atomic E-state index is -0.414. The van der Waals surface area contributed by atoms with Gasteiger partial charge in [0.2, 0.25) is 0 Å². The van der Waals surface area contributed by atoms with Crippen LogP contribution in [0.5, 0.6) is 0 Å². The van der Waals surface area contributed by atoms with Crippen LogP contribution in [0.15, 0.2) is 121 Å². The summed E-state index contributed by atoms with van der Waals surface area (Å²) >= 11 is 0. The molecular weight excluding hydrogens is 446 g/mol. The summed E-state index contributed by atoms with van der Waals surface area (Å²) in [6.45, 7) is 4.80. The second-order valence-corrected chi connectivity index (χ2v) is 13.5. The molecular formula is C32H36P2. The Bertz CT molecular complexity index is 931. The Balaban J connectivity index is 1.75. The van der Waals surface area contributed by atoms with E-state index < -0.39 is 15.8 Å². The highest BCUT2D eigenvalue weighted by molar-refractivity contribution is 7.74. The minimum absolute atomic E-state index is 0.309. The lowest BCUT2D eigenvalue weighted by atomic mass is 9.85. The fraction of sp³-hybridized carbons (Fsp3) is 0.250. The molecule has 0 spiro atoms. The summed E-state index contributed by atoms with van der Waals surface area (Å²) in [6, 6.07) is 45.1. The van der Waals surface area contributed by atoms with Crippen LogP contribution in [0.3, 0.4) is 0 Å². The first kappa shape index (κ1) is 24.9. The van der Waals surface area contributed by atoms with Gasteiger partial charge in [0.25, 0.3) is 0 Å². The van der Waals surface area contributed by atoms with Gasteiger partial charge in [-0.25, -0.2) is 0 Å². The summed E-state index contributed by atoms with van der Waals surface area (Å²) in [5.74, 6) is 0. The Labute approximate surface area is 209 Å². The van der Waals surface area contributed by atoms with Crippen LogP contribution in [0.25, 0.3) is 0 Å². The van der Waals surface area contributed by atoms with Gasteiger partial charge in [0.05, 0.1) is 0 Å². The minimum Gasteiger partial charge on any atom is -0.0654 e. The quantitative estimate of drug-likeness (QED) is 0.195. The van der Waals surface area contributed by atoms with Crippen molar-refractivity contribution in [2.75, 3.05) is 12.3 Å². The van der Waals surface area contributed by atoms with E-state index in [4.69, 9.17) is 0 Å². The van der Waals surface area contributed by atoms with Gasteiger partial charge in [-0.2, -0.15) is 0 Å². The van der Waals surface area contributed by atoms with E-state index in [0.717, 1.165) is 0 Å². The summed E-state index contributed by atoms with van der Waals surface area (Å²) in [5.41, 5.74) is 0.309. The van der Waals surface area contributed by atoms with E-state index in [1.54, 1.807) is 0 Å². The summed E-state index contributed by atoms with van der Waals surface area (Å²) in [4.78, 5) is 0. The zero-order valence-electron chi connectivity index (χ0n) is 20.5. The van der Waals surface area contributed by atoms with Crippen molar-refractivity contribution in [2.45, 2.75) is 33.1 Å². The van der Waals surface area contributed by atoms with Crippen molar-refractivity contribution >= 4 is 37.1 Å². The van der Waals surface area contributed by atoms with Crippen molar-refractivity contribution in [3.63, 3.8) is 0 Å². The molecule has 0 radical (unpaired) electrons. The lowest BCUT2D eigenvalue weighted by Gasteiger charge is -2.40. The van der Waals surface area contributed by atoms with Crippen molar-refractivity contribution in [3.05, 3.63) is 121 Å². The molecule has 0 unspecified atom stereocenters. The SMILES string of the molecule is CCCC(CC)(CP(c1ccccc1)c1ccccc1)CP(c1ccccc1)c1ccccc1. The van der Waals surface area contributed by atoms with E-state index in [1.165, 1.54) is 52.8 Å². The highest BCUT2D eigenvalue weighted by Crippen LogP contribution is 2.50. The highest BCUT2D eigenvalue weighted by Gasteiger charge is 2.35. The molecule has 4 aromatic rings. The monoisotopic (exact) mass is 482 g/mol. The van der Waals surface area contributed by atoms with E-state index in [-0.39, 0.29) is 0 Å². The molecule has 0 bridgehead atoms. The number of hydrogen-bond acceptors (Lipinski definition) is 0. The maximum absolute atomic E-state index is 2.43. The molecule has 2 heteroatoms. The number of hydrogen-bond donors (Lipinski definition) is 0. The highest BCUT2D eigenvalue weighted by atomic mass is 31.1. The topological polar surface area (TPSA) is 0 Å². The molecule has 0 atom stereocenters. The second kappa shape index (κ2) is 12.4. The molecule has 0 N–H and O–H groups in total. The third kappa shape index (κ3) is 6.24. The van der Waals surface area contributed by atoms with Crippen LogP contribution in [0, 0.1) is 5.41 Å². The van der Waals surface area contributed by atoms with Gasteiger partial charge >= 0.3 is 0 Å². The van der Waals surface area contributed by atoms with Crippen LogP contribution < -0.4 is 21.2 Å². The van der Waals surface area contributed by atoms with E-state index in [0.29, 0.717) is 5.41 Å². The molecule has 0 aliphatic carbocycles. The van der Waals surface area contributed by atoms with Crippen LogP contribution >= 0.6 is 15.8 Å². The zero-order chi connectivity index (χ0) is 23.6. The largest absolute Gasteiger partial charge is 0.0654 e. The van der Waals surface area contributed by atoms with E-state index in [1.807, 2.05) is 0 Å². The first-order chi connectivity index (χ1) is 16.7. The average Bonchev–Trinajstić information content (AvgIpc) is 2.92. The molecule has 0 saturated heterocycles. The van der Waals surface area contributed by atoms with Crippen molar-refractivity contribution in [3.8, 4) is 0 Å². The Hall–Kier alpha value is -2.26. The second-order valence-electron chi connectivity index (χ2n) is 9.12. The van der Waals surface area contributed by atoms with Crippen LogP contribution in [0.2, 0.25) is 0 Å². The Kier molecular flexibility index (Phi) is 9.10. The molecule has 0 aliphatic heterocycles. The van der Waals surface area contributed by atoms with Gasteiger partial charge in [0, 0.05) is 0 Å². The van der Waals surface area contributed by atoms with Gasteiger partial charge in [0.15, 0.2) is 0 Å². The first-order valence-corrected chi connectivity index (χ1v) is 15.6. The molecule has 0 saturated carbocycles. The van der Waals surface area contributed by atoms with Crippen molar-refractivity contribution < 1.29 is 0 Å². The van der Waals surface area contributed by atoms with Crippen molar-refractivity contribution in [1.82, 2.24) is 0 Å². The molecule has 4 aromatic carbocycles. The van der Waals surface area contributed by atoms with Crippen LogP contribution in [-0.4, -0.2) is 12.3 Å². The summed E-state index contributed by atoms with van der Waals surface area (Å²) in [6.07, 6.45) is 6.23. The van der Waals surface area contributed by atoms with E-state index >= 15 is 0 Å². The van der Waals surface area contributed by atoms with Crippen molar-refractivity contribution in [1.29, 1.82) is 0 Å². The Morgan fingerprint density at radius 2 is 0.765 bits per heavy atom. The maximum Gasteiger partial charge on any atom is -0.0185 e. The fourth-order valence-electron chi connectivity index (χ4n) is 4.90. The molecule has 0 fully saturated rings. The Morgan fingerprint density at radius 1 is 0.471 bits per heavy atom. The van der Waals surface area contributed by atoms with Crippen LogP contribution in [-0.2, 0) is 0 Å².